The second kappa shape index (κ2) is 5.32. The molecule has 88 valence electrons. The second-order valence-corrected chi connectivity index (χ2v) is 4.64. The fourth-order valence-electron chi connectivity index (χ4n) is 2.11. The maximum Gasteiger partial charge on any atom is 0.0393 e. The molecule has 1 fully saturated rings. The van der Waals surface area contributed by atoms with Crippen molar-refractivity contribution < 1.29 is 0 Å². The summed E-state index contributed by atoms with van der Waals surface area (Å²) in [6, 6.07) is 11.0. The van der Waals surface area contributed by atoms with Crippen LogP contribution in [-0.2, 0) is 0 Å². The van der Waals surface area contributed by atoms with E-state index in [1.165, 1.54) is 12.2 Å². The number of para-hydroxylation sites is 1. The van der Waals surface area contributed by atoms with Gasteiger partial charge >= 0.3 is 0 Å². The van der Waals surface area contributed by atoms with Gasteiger partial charge in [0.15, 0.2) is 0 Å². The summed E-state index contributed by atoms with van der Waals surface area (Å²) in [6.07, 6.45) is 0. The zero-order valence-electron chi connectivity index (χ0n) is 10.2. The third-order valence-electron chi connectivity index (χ3n) is 3.30. The van der Waals surface area contributed by atoms with Gasteiger partial charge < -0.3 is 10.2 Å². The number of benzene rings is 1. The van der Waals surface area contributed by atoms with E-state index in [4.69, 9.17) is 0 Å². The van der Waals surface area contributed by atoms with E-state index in [2.05, 4.69) is 53.5 Å². The fraction of sp³-hybridized carbons (Fsp3) is 0.538. The van der Waals surface area contributed by atoms with Crippen LogP contribution in [0, 0.1) is 0 Å². The van der Waals surface area contributed by atoms with Crippen molar-refractivity contribution in [2.24, 2.45) is 0 Å². The lowest BCUT2D eigenvalue weighted by Gasteiger charge is -2.37. The highest BCUT2D eigenvalue weighted by molar-refractivity contribution is 5.42. The van der Waals surface area contributed by atoms with Crippen molar-refractivity contribution in [3.63, 3.8) is 0 Å². The zero-order chi connectivity index (χ0) is 11.4. The Kier molecular flexibility index (Phi) is 3.80. The molecule has 16 heavy (non-hydrogen) atoms. The highest BCUT2D eigenvalue weighted by Gasteiger charge is 2.21. The molecule has 1 saturated heterocycles. The topological polar surface area (TPSA) is 18.5 Å². The molecule has 1 N–H and O–H groups in total. The molecule has 1 atom stereocenters. The normalized spacial score (nSPS) is 23.2. The lowest BCUT2D eigenvalue weighted by atomic mass is 10.2. The number of nitrogens with zero attached hydrogens (tertiary/aromatic N) is 2. The van der Waals surface area contributed by atoms with Crippen molar-refractivity contribution >= 4 is 5.69 Å². The Balaban J connectivity index is 1.85. The average Bonchev–Trinajstić information content (AvgIpc) is 2.32. The first-order valence-electron chi connectivity index (χ1n) is 5.93. The Labute approximate surface area is 98.0 Å². The number of rotatable bonds is 3. The van der Waals surface area contributed by atoms with Gasteiger partial charge in [0.2, 0.25) is 0 Å². The molecule has 3 nitrogen and oxygen atoms in total. The summed E-state index contributed by atoms with van der Waals surface area (Å²) < 4.78 is 0. The molecular weight excluding hydrogens is 198 g/mol. The SMILES string of the molecule is CN1CCN(C)C(CNc2ccccc2)C1. The molecule has 0 bridgehead atoms. The largest absolute Gasteiger partial charge is 0.383 e. The number of likely N-dealkylation sites (N-methyl/N-ethyl adjacent to an activating group) is 2. The third-order valence-corrected chi connectivity index (χ3v) is 3.30. The van der Waals surface area contributed by atoms with Crippen molar-refractivity contribution in [2.45, 2.75) is 6.04 Å². The zero-order valence-corrected chi connectivity index (χ0v) is 10.2. The Morgan fingerprint density at radius 1 is 1.19 bits per heavy atom. The monoisotopic (exact) mass is 219 g/mol. The molecule has 0 amide bonds. The fourth-order valence-corrected chi connectivity index (χ4v) is 2.11. The molecule has 1 heterocycles. The first-order chi connectivity index (χ1) is 7.75. The smallest absolute Gasteiger partial charge is 0.0393 e. The molecular formula is C13H21N3. The first kappa shape index (κ1) is 11.4. The maximum absolute atomic E-state index is 3.50. The standard InChI is InChI=1S/C13H21N3/c1-15-8-9-16(2)13(11-15)10-14-12-6-4-3-5-7-12/h3-7,13-14H,8-11H2,1-2H3. The van der Waals surface area contributed by atoms with E-state index in [1.54, 1.807) is 0 Å². The summed E-state index contributed by atoms with van der Waals surface area (Å²) in [5, 5.41) is 3.50. The van der Waals surface area contributed by atoms with E-state index in [0.29, 0.717) is 6.04 Å². The molecule has 1 aromatic carbocycles. The molecule has 2 rings (SSSR count). The van der Waals surface area contributed by atoms with Crippen LogP contribution in [0.5, 0.6) is 0 Å². The van der Waals surface area contributed by atoms with Crippen molar-refractivity contribution in [3.05, 3.63) is 30.3 Å². The van der Waals surface area contributed by atoms with Crippen LogP contribution in [0.3, 0.4) is 0 Å². The number of piperazine rings is 1. The summed E-state index contributed by atoms with van der Waals surface area (Å²) in [5.74, 6) is 0. The van der Waals surface area contributed by atoms with Gasteiger partial charge in [-0.1, -0.05) is 18.2 Å². The van der Waals surface area contributed by atoms with E-state index in [0.717, 1.165) is 19.6 Å². The van der Waals surface area contributed by atoms with Crippen LogP contribution in [0.2, 0.25) is 0 Å². The van der Waals surface area contributed by atoms with Gasteiger partial charge in [-0.15, -0.1) is 0 Å². The van der Waals surface area contributed by atoms with Crippen molar-refractivity contribution in [1.29, 1.82) is 0 Å². The Morgan fingerprint density at radius 2 is 1.94 bits per heavy atom. The van der Waals surface area contributed by atoms with Gasteiger partial charge in [-0.3, -0.25) is 4.90 Å². The molecule has 0 aliphatic carbocycles. The molecule has 1 aliphatic rings. The third kappa shape index (κ3) is 2.97. The summed E-state index contributed by atoms with van der Waals surface area (Å²) in [7, 11) is 4.41. The molecule has 1 unspecified atom stereocenters. The van der Waals surface area contributed by atoms with E-state index in [-0.39, 0.29) is 0 Å². The van der Waals surface area contributed by atoms with Crippen LogP contribution in [0.1, 0.15) is 0 Å². The van der Waals surface area contributed by atoms with Crippen molar-refractivity contribution in [2.75, 3.05) is 45.6 Å². The van der Waals surface area contributed by atoms with Gasteiger partial charge in [-0.2, -0.15) is 0 Å². The molecule has 1 aliphatic heterocycles. The predicted octanol–water partition coefficient (Wildman–Crippen LogP) is 1.34. The minimum atomic E-state index is 0.610. The van der Waals surface area contributed by atoms with Crippen LogP contribution in [0.25, 0.3) is 0 Å². The van der Waals surface area contributed by atoms with Gasteiger partial charge in [0.05, 0.1) is 0 Å². The van der Waals surface area contributed by atoms with Crippen LogP contribution in [0.15, 0.2) is 30.3 Å². The highest BCUT2D eigenvalue weighted by atomic mass is 15.3. The van der Waals surface area contributed by atoms with Crippen molar-refractivity contribution in [3.8, 4) is 0 Å². The summed E-state index contributed by atoms with van der Waals surface area (Å²) in [6.45, 7) is 4.51. The summed E-state index contributed by atoms with van der Waals surface area (Å²) >= 11 is 0. The Hall–Kier alpha value is -1.06. The van der Waals surface area contributed by atoms with Crippen LogP contribution >= 0.6 is 0 Å². The van der Waals surface area contributed by atoms with E-state index in [9.17, 15) is 0 Å². The lowest BCUT2D eigenvalue weighted by Crippen LogP contribution is -2.52. The van der Waals surface area contributed by atoms with Crippen molar-refractivity contribution in [1.82, 2.24) is 9.80 Å². The number of hydrogen-bond acceptors (Lipinski definition) is 3. The highest BCUT2D eigenvalue weighted by Crippen LogP contribution is 2.09. The number of nitrogens with one attached hydrogen (secondary N) is 1. The number of anilines is 1. The first-order valence-corrected chi connectivity index (χ1v) is 5.93. The molecule has 1 aromatic rings. The van der Waals surface area contributed by atoms with E-state index >= 15 is 0 Å². The molecule has 0 spiro atoms. The van der Waals surface area contributed by atoms with Gasteiger partial charge in [0, 0.05) is 37.9 Å². The van der Waals surface area contributed by atoms with Gasteiger partial charge in [0.1, 0.15) is 0 Å². The molecule has 0 saturated carbocycles. The minimum absolute atomic E-state index is 0.610. The van der Waals surface area contributed by atoms with Gasteiger partial charge in [0.25, 0.3) is 0 Å². The summed E-state index contributed by atoms with van der Waals surface area (Å²) in [4.78, 5) is 4.84. The lowest BCUT2D eigenvalue weighted by molar-refractivity contribution is 0.122. The van der Waals surface area contributed by atoms with E-state index < -0.39 is 0 Å². The predicted molar refractivity (Wildman–Crippen MR) is 68.8 cm³/mol. The minimum Gasteiger partial charge on any atom is -0.383 e. The second-order valence-electron chi connectivity index (χ2n) is 4.64. The Morgan fingerprint density at radius 3 is 2.69 bits per heavy atom. The molecule has 0 aromatic heterocycles. The Bertz CT molecular complexity index is 312. The van der Waals surface area contributed by atoms with Gasteiger partial charge in [-0.25, -0.2) is 0 Å². The summed E-state index contributed by atoms with van der Waals surface area (Å²) in [5.41, 5.74) is 1.21. The average molecular weight is 219 g/mol. The van der Waals surface area contributed by atoms with Crippen LogP contribution < -0.4 is 5.32 Å². The van der Waals surface area contributed by atoms with E-state index in [1.807, 2.05) is 6.07 Å². The maximum atomic E-state index is 3.50. The quantitative estimate of drug-likeness (QED) is 0.828. The van der Waals surface area contributed by atoms with Crippen LogP contribution in [0.4, 0.5) is 5.69 Å². The number of hydrogen-bond donors (Lipinski definition) is 1. The van der Waals surface area contributed by atoms with Crippen LogP contribution in [-0.4, -0.2) is 56.1 Å². The molecule has 3 heteroatoms. The van der Waals surface area contributed by atoms with Gasteiger partial charge in [-0.05, 0) is 26.2 Å². The molecule has 0 radical (unpaired) electrons.